The molecule has 96 valence electrons. The minimum Gasteiger partial charge on any atom is -0.396 e. The van der Waals surface area contributed by atoms with Gasteiger partial charge >= 0.3 is 0 Å². The highest BCUT2D eigenvalue weighted by atomic mass is 19.1. The fourth-order valence-corrected chi connectivity index (χ4v) is 1.51. The zero-order chi connectivity index (χ0) is 13.1. The first-order valence-corrected chi connectivity index (χ1v) is 5.65. The van der Waals surface area contributed by atoms with Crippen molar-refractivity contribution in [1.29, 1.82) is 0 Å². The van der Waals surface area contributed by atoms with E-state index >= 15 is 0 Å². The molecule has 2 nitrogen and oxygen atoms in total. The summed E-state index contributed by atoms with van der Waals surface area (Å²) in [4.78, 5) is 0. The van der Waals surface area contributed by atoms with Crippen LogP contribution in [-0.2, 0) is 0 Å². The van der Waals surface area contributed by atoms with Crippen molar-refractivity contribution in [2.45, 2.75) is 26.8 Å². The van der Waals surface area contributed by atoms with Crippen molar-refractivity contribution >= 4 is 0 Å². The SMILES string of the molecule is CC(NCC(C)(C)CO)c1c(F)cccc1F. The first-order chi connectivity index (χ1) is 7.87. The van der Waals surface area contributed by atoms with Gasteiger partial charge in [0.15, 0.2) is 0 Å². The number of benzene rings is 1. The summed E-state index contributed by atoms with van der Waals surface area (Å²) in [7, 11) is 0. The lowest BCUT2D eigenvalue weighted by atomic mass is 9.94. The zero-order valence-electron chi connectivity index (χ0n) is 10.4. The Kier molecular flexibility index (Phi) is 4.60. The predicted molar refractivity (Wildman–Crippen MR) is 63.6 cm³/mol. The van der Waals surface area contributed by atoms with Crippen molar-refractivity contribution in [1.82, 2.24) is 5.32 Å². The second-order valence-corrected chi connectivity index (χ2v) is 5.06. The largest absolute Gasteiger partial charge is 0.396 e. The number of hydrogen-bond donors (Lipinski definition) is 2. The molecular formula is C13H19F2NO. The van der Waals surface area contributed by atoms with Crippen molar-refractivity contribution < 1.29 is 13.9 Å². The van der Waals surface area contributed by atoms with Gasteiger partial charge < -0.3 is 10.4 Å². The van der Waals surface area contributed by atoms with E-state index in [1.54, 1.807) is 6.92 Å². The minimum atomic E-state index is -0.549. The summed E-state index contributed by atoms with van der Waals surface area (Å²) in [6.07, 6.45) is 0. The molecule has 2 N–H and O–H groups in total. The van der Waals surface area contributed by atoms with Gasteiger partial charge in [0.1, 0.15) is 11.6 Å². The number of aliphatic hydroxyl groups excluding tert-OH is 1. The van der Waals surface area contributed by atoms with E-state index in [1.165, 1.54) is 18.2 Å². The molecule has 0 amide bonds. The van der Waals surface area contributed by atoms with Crippen LogP contribution in [0.3, 0.4) is 0 Å². The lowest BCUT2D eigenvalue weighted by Crippen LogP contribution is -2.34. The van der Waals surface area contributed by atoms with Crippen LogP contribution in [-0.4, -0.2) is 18.3 Å². The Bertz CT molecular complexity index is 359. The van der Waals surface area contributed by atoms with E-state index in [9.17, 15) is 8.78 Å². The Hall–Kier alpha value is -1.00. The average molecular weight is 243 g/mol. The van der Waals surface area contributed by atoms with Crippen LogP contribution in [0.15, 0.2) is 18.2 Å². The van der Waals surface area contributed by atoms with E-state index in [1.807, 2.05) is 13.8 Å². The molecule has 1 rings (SSSR count). The molecule has 17 heavy (non-hydrogen) atoms. The van der Waals surface area contributed by atoms with Gasteiger partial charge in [-0.25, -0.2) is 8.78 Å². The van der Waals surface area contributed by atoms with Crippen LogP contribution in [0.5, 0.6) is 0 Å². The van der Waals surface area contributed by atoms with Gasteiger partial charge in [-0.2, -0.15) is 0 Å². The Morgan fingerprint density at radius 2 is 1.82 bits per heavy atom. The monoisotopic (exact) mass is 243 g/mol. The Morgan fingerprint density at radius 3 is 2.29 bits per heavy atom. The van der Waals surface area contributed by atoms with E-state index < -0.39 is 17.7 Å². The van der Waals surface area contributed by atoms with E-state index in [0.29, 0.717) is 6.54 Å². The van der Waals surface area contributed by atoms with Crippen LogP contribution in [0.2, 0.25) is 0 Å². The van der Waals surface area contributed by atoms with Gasteiger partial charge in [-0.05, 0) is 19.1 Å². The highest BCUT2D eigenvalue weighted by molar-refractivity contribution is 5.22. The molecule has 0 spiro atoms. The highest BCUT2D eigenvalue weighted by Crippen LogP contribution is 2.21. The third-order valence-electron chi connectivity index (χ3n) is 2.75. The minimum absolute atomic E-state index is 0.0203. The normalized spacial score (nSPS) is 13.8. The number of halogens is 2. The van der Waals surface area contributed by atoms with Gasteiger partial charge in [0.2, 0.25) is 0 Å². The topological polar surface area (TPSA) is 32.3 Å². The van der Waals surface area contributed by atoms with Gasteiger partial charge in [0.25, 0.3) is 0 Å². The molecule has 4 heteroatoms. The molecule has 0 saturated carbocycles. The number of hydrogen-bond acceptors (Lipinski definition) is 2. The lowest BCUT2D eigenvalue weighted by molar-refractivity contribution is 0.153. The molecule has 0 fully saturated rings. The lowest BCUT2D eigenvalue weighted by Gasteiger charge is -2.25. The summed E-state index contributed by atoms with van der Waals surface area (Å²) < 4.78 is 26.9. The van der Waals surface area contributed by atoms with Crippen molar-refractivity contribution in [3.63, 3.8) is 0 Å². The highest BCUT2D eigenvalue weighted by Gasteiger charge is 2.20. The molecule has 1 aromatic rings. The van der Waals surface area contributed by atoms with Crippen LogP contribution in [0.1, 0.15) is 32.4 Å². The quantitative estimate of drug-likeness (QED) is 0.833. The molecule has 0 bridgehead atoms. The van der Waals surface area contributed by atoms with E-state index in [-0.39, 0.29) is 17.6 Å². The van der Waals surface area contributed by atoms with Crippen molar-refractivity contribution in [2.24, 2.45) is 5.41 Å². The molecule has 0 aliphatic rings. The summed E-state index contributed by atoms with van der Waals surface area (Å²) in [6.45, 7) is 5.97. The molecular weight excluding hydrogens is 224 g/mol. The molecule has 0 saturated heterocycles. The average Bonchev–Trinajstić information content (AvgIpc) is 2.26. The van der Waals surface area contributed by atoms with Gasteiger partial charge in [-0.15, -0.1) is 0 Å². The predicted octanol–water partition coefficient (Wildman–Crippen LogP) is 2.63. The molecule has 1 unspecified atom stereocenters. The fourth-order valence-electron chi connectivity index (χ4n) is 1.51. The Labute approximate surface area is 101 Å². The smallest absolute Gasteiger partial charge is 0.130 e. The molecule has 1 aromatic carbocycles. The number of aliphatic hydroxyl groups is 1. The molecule has 0 radical (unpaired) electrons. The summed E-state index contributed by atoms with van der Waals surface area (Å²) in [5.41, 5.74) is -0.267. The van der Waals surface area contributed by atoms with Crippen LogP contribution in [0.4, 0.5) is 8.78 Å². The second kappa shape index (κ2) is 5.56. The molecule has 0 aliphatic heterocycles. The van der Waals surface area contributed by atoms with Gasteiger partial charge in [0.05, 0.1) is 0 Å². The summed E-state index contributed by atoms with van der Waals surface area (Å²) >= 11 is 0. The Balaban J connectivity index is 2.74. The molecule has 1 atom stereocenters. The maximum absolute atomic E-state index is 13.5. The number of rotatable bonds is 5. The zero-order valence-corrected chi connectivity index (χ0v) is 10.4. The van der Waals surface area contributed by atoms with Crippen molar-refractivity contribution in [3.05, 3.63) is 35.4 Å². The van der Waals surface area contributed by atoms with Gasteiger partial charge in [-0.3, -0.25) is 0 Å². The van der Waals surface area contributed by atoms with Gasteiger partial charge in [-0.1, -0.05) is 19.9 Å². The molecule has 0 aromatic heterocycles. The van der Waals surface area contributed by atoms with Crippen LogP contribution in [0.25, 0.3) is 0 Å². The fraction of sp³-hybridized carbons (Fsp3) is 0.538. The second-order valence-electron chi connectivity index (χ2n) is 5.06. The first-order valence-electron chi connectivity index (χ1n) is 5.65. The van der Waals surface area contributed by atoms with E-state index in [0.717, 1.165) is 0 Å². The van der Waals surface area contributed by atoms with Crippen molar-refractivity contribution in [2.75, 3.05) is 13.2 Å². The Morgan fingerprint density at radius 1 is 1.29 bits per heavy atom. The summed E-state index contributed by atoms with van der Waals surface area (Å²) in [6, 6.07) is 3.40. The first kappa shape index (κ1) is 14.1. The van der Waals surface area contributed by atoms with Gasteiger partial charge in [0, 0.05) is 30.2 Å². The summed E-state index contributed by atoms with van der Waals surface area (Å²) in [5.74, 6) is -1.10. The molecule has 0 aliphatic carbocycles. The summed E-state index contributed by atoms with van der Waals surface area (Å²) in [5, 5.41) is 12.1. The van der Waals surface area contributed by atoms with E-state index in [4.69, 9.17) is 5.11 Å². The maximum atomic E-state index is 13.5. The van der Waals surface area contributed by atoms with Crippen LogP contribution >= 0.6 is 0 Å². The number of nitrogens with one attached hydrogen (secondary N) is 1. The third-order valence-corrected chi connectivity index (χ3v) is 2.75. The molecule has 0 heterocycles. The standard InChI is InChI=1S/C13H19F2NO/c1-9(16-7-13(2,3)8-17)12-10(14)5-4-6-11(12)15/h4-6,9,16-17H,7-8H2,1-3H3. The third kappa shape index (κ3) is 3.75. The van der Waals surface area contributed by atoms with Crippen molar-refractivity contribution in [3.8, 4) is 0 Å². The van der Waals surface area contributed by atoms with E-state index in [2.05, 4.69) is 5.32 Å². The van der Waals surface area contributed by atoms with Crippen LogP contribution < -0.4 is 5.32 Å². The van der Waals surface area contributed by atoms with Crippen LogP contribution in [0, 0.1) is 17.0 Å². The maximum Gasteiger partial charge on any atom is 0.130 e.